The number of hydrogen-bond donors (Lipinski definition) is 1. The molecule has 100 valence electrons. The standard InChI is InChI=1S/C15H25N3/c1-2-4-8-13(7-3-1)18-12-16-11-15(18)14-9-5-6-10-17-14/h11-14,17H,1-10H2. The van der Waals surface area contributed by atoms with E-state index in [1.807, 2.05) is 0 Å². The maximum absolute atomic E-state index is 4.43. The summed E-state index contributed by atoms with van der Waals surface area (Å²) in [4.78, 5) is 4.43. The molecule has 18 heavy (non-hydrogen) atoms. The van der Waals surface area contributed by atoms with E-state index in [-0.39, 0.29) is 0 Å². The van der Waals surface area contributed by atoms with Crippen LogP contribution >= 0.6 is 0 Å². The van der Waals surface area contributed by atoms with Gasteiger partial charge in [-0.2, -0.15) is 0 Å². The lowest BCUT2D eigenvalue weighted by molar-refractivity contribution is 0.364. The molecule has 1 aliphatic heterocycles. The summed E-state index contributed by atoms with van der Waals surface area (Å²) in [5.41, 5.74) is 1.43. The lowest BCUT2D eigenvalue weighted by atomic mass is 10.0. The summed E-state index contributed by atoms with van der Waals surface area (Å²) >= 11 is 0. The molecule has 0 bridgehead atoms. The highest BCUT2D eigenvalue weighted by molar-refractivity contribution is 5.08. The quantitative estimate of drug-likeness (QED) is 0.809. The van der Waals surface area contributed by atoms with E-state index in [9.17, 15) is 0 Å². The van der Waals surface area contributed by atoms with Crippen LogP contribution in [0.3, 0.4) is 0 Å². The first-order valence-corrected chi connectivity index (χ1v) is 7.70. The molecule has 1 atom stereocenters. The first-order valence-electron chi connectivity index (χ1n) is 7.70. The summed E-state index contributed by atoms with van der Waals surface area (Å²) in [5, 5.41) is 3.66. The topological polar surface area (TPSA) is 29.9 Å². The van der Waals surface area contributed by atoms with Crippen LogP contribution in [0.25, 0.3) is 0 Å². The zero-order valence-electron chi connectivity index (χ0n) is 11.3. The Kier molecular flexibility index (Phi) is 3.99. The molecular weight excluding hydrogens is 222 g/mol. The van der Waals surface area contributed by atoms with E-state index in [1.165, 1.54) is 70.0 Å². The molecule has 1 aromatic heterocycles. The minimum absolute atomic E-state index is 0.546. The first-order chi connectivity index (χ1) is 8.95. The third kappa shape index (κ3) is 2.61. The first kappa shape index (κ1) is 12.2. The van der Waals surface area contributed by atoms with Gasteiger partial charge in [-0.15, -0.1) is 0 Å². The highest BCUT2D eigenvalue weighted by Crippen LogP contribution is 2.31. The monoisotopic (exact) mass is 247 g/mol. The Morgan fingerprint density at radius 3 is 2.50 bits per heavy atom. The second-order valence-corrected chi connectivity index (χ2v) is 5.87. The number of aromatic nitrogens is 2. The smallest absolute Gasteiger partial charge is 0.0951 e. The molecule has 2 fully saturated rings. The Bertz CT molecular complexity index is 358. The predicted molar refractivity (Wildman–Crippen MR) is 73.6 cm³/mol. The van der Waals surface area contributed by atoms with Crippen molar-refractivity contribution in [1.29, 1.82) is 0 Å². The molecule has 2 aliphatic rings. The van der Waals surface area contributed by atoms with E-state index in [2.05, 4.69) is 27.4 Å². The van der Waals surface area contributed by atoms with Crippen LogP contribution in [0.4, 0.5) is 0 Å². The zero-order valence-corrected chi connectivity index (χ0v) is 11.3. The van der Waals surface area contributed by atoms with Crippen molar-refractivity contribution in [3.8, 4) is 0 Å². The van der Waals surface area contributed by atoms with Gasteiger partial charge in [-0.1, -0.05) is 32.1 Å². The van der Waals surface area contributed by atoms with E-state index >= 15 is 0 Å². The van der Waals surface area contributed by atoms with E-state index in [1.54, 1.807) is 0 Å². The molecule has 2 heterocycles. The average Bonchev–Trinajstić information content (AvgIpc) is 2.75. The molecule has 0 amide bonds. The summed E-state index contributed by atoms with van der Waals surface area (Å²) in [6, 6.07) is 1.25. The number of hydrogen-bond acceptors (Lipinski definition) is 2. The fourth-order valence-electron chi connectivity index (χ4n) is 3.53. The van der Waals surface area contributed by atoms with Crippen molar-refractivity contribution in [2.75, 3.05) is 6.54 Å². The Balaban J connectivity index is 1.76. The molecule has 0 aromatic carbocycles. The van der Waals surface area contributed by atoms with Crippen LogP contribution in [0.15, 0.2) is 12.5 Å². The summed E-state index contributed by atoms with van der Waals surface area (Å²) in [6.45, 7) is 1.17. The molecule has 1 N–H and O–H groups in total. The Labute approximate surface area is 110 Å². The summed E-state index contributed by atoms with van der Waals surface area (Å²) in [6.07, 6.45) is 16.4. The second kappa shape index (κ2) is 5.87. The van der Waals surface area contributed by atoms with Gasteiger partial charge in [-0.25, -0.2) is 4.98 Å². The highest BCUT2D eigenvalue weighted by atomic mass is 15.1. The van der Waals surface area contributed by atoms with Crippen LogP contribution in [-0.2, 0) is 0 Å². The predicted octanol–water partition coefficient (Wildman–Crippen LogP) is 3.59. The fourth-order valence-corrected chi connectivity index (χ4v) is 3.53. The minimum atomic E-state index is 0.546. The van der Waals surface area contributed by atoms with Gasteiger partial charge in [-0.05, 0) is 32.2 Å². The van der Waals surface area contributed by atoms with Crippen molar-refractivity contribution in [1.82, 2.24) is 14.9 Å². The number of nitrogens with one attached hydrogen (secondary N) is 1. The van der Waals surface area contributed by atoms with Crippen LogP contribution in [0.1, 0.15) is 75.6 Å². The lowest BCUT2D eigenvalue weighted by Crippen LogP contribution is -2.29. The maximum Gasteiger partial charge on any atom is 0.0951 e. The second-order valence-electron chi connectivity index (χ2n) is 5.87. The molecule has 3 heteroatoms. The minimum Gasteiger partial charge on any atom is -0.330 e. The van der Waals surface area contributed by atoms with Crippen LogP contribution in [0.5, 0.6) is 0 Å². The van der Waals surface area contributed by atoms with Crippen molar-refractivity contribution >= 4 is 0 Å². The van der Waals surface area contributed by atoms with Gasteiger partial charge in [0.15, 0.2) is 0 Å². The van der Waals surface area contributed by atoms with E-state index in [0.29, 0.717) is 12.1 Å². The van der Waals surface area contributed by atoms with Gasteiger partial charge in [0.2, 0.25) is 0 Å². The normalized spacial score (nSPS) is 27.0. The SMILES string of the molecule is c1ncn(C2CCCCCC2)c1C1CCCCN1. The van der Waals surface area contributed by atoms with E-state index in [4.69, 9.17) is 0 Å². The van der Waals surface area contributed by atoms with Crippen molar-refractivity contribution < 1.29 is 0 Å². The van der Waals surface area contributed by atoms with Crippen LogP contribution < -0.4 is 5.32 Å². The van der Waals surface area contributed by atoms with Crippen molar-refractivity contribution in [3.63, 3.8) is 0 Å². The molecule has 0 spiro atoms. The largest absolute Gasteiger partial charge is 0.330 e. The number of nitrogens with zero attached hydrogens (tertiary/aromatic N) is 2. The van der Waals surface area contributed by atoms with Gasteiger partial charge >= 0.3 is 0 Å². The molecule has 1 saturated carbocycles. The van der Waals surface area contributed by atoms with Gasteiger partial charge in [0, 0.05) is 18.3 Å². The lowest BCUT2D eigenvalue weighted by Gasteiger charge is -2.27. The maximum atomic E-state index is 4.43. The molecule has 3 rings (SSSR count). The molecule has 1 aromatic rings. The summed E-state index contributed by atoms with van der Waals surface area (Å²) in [5.74, 6) is 0. The fraction of sp³-hybridized carbons (Fsp3) is 0.800. The van der Waals surface area contributed by atoms with Gasteiger partial charge in [-0.3, -0.25) is 0 Å². The van der Waals surface area contributed by atoms with E-state index < -0.39 is 0 Å². The molecular formula is C15H25N3. The third-order valence-corrected chi connectivity index (χ3v) is 4.58. The zero-order chi connectivity index (χ0) is 12.2. The Morgan fingerprint density at radius 1 is 1.00 bits per heavy atom. The van der Waals surface area contributed by atoms with E-state index in [0.717, 1.165) is 0 Å². The molecule has 1 unspecified atom stereocenters. The molecule has 3 nitrogen and oxygen atoms in total. The van der Waals surface area contributed by atoms with Gasteiger partial charge in [0.25, 0.3) is 0 Å². The van der Waals surface area contributed by atoms with Gasteiger partial charge in [0.05, 0.1) is 12.0 Å². The summed E-state index contributed by atoms with van der Waals surface area (Å²) < 4.78 is 2.48. The average molecular weight is 247 g/mol. The number of piperidine rings is 1. The van der Waals surface area contributed by atoms with Gasteiger partial charge in [0.1, 0.15) is 0 Å². The van der Waals surface area contributed by atoms with Crippen LogP contribution in [-0.4, -0.2) is 16.1 Å². The Hall–Kier alpha value is -0.830. The van der Waals surface area contributed by atoms with Crippen molar-refractivity contribution in [2.45, 2.75) is 69.9 Å². The number of rotatable bonds is 2. The highest BCUT2D eigenvalue weighted by Gasteiger charge is 2.22. The number of imidazole rings is 1. The van der Waals surface area contributed by atoms with Crippen molar-refractivity contribution in [3.05, 3.63) is 18.2 Å². The molecule has 1 saturated heterocycles. The third-order valence-electron chi connectivity index (χ3n) is 4.58. The summed E-state index contributed by atoms with van der Waals surface area (Å²) in [7, 11) is 0. The molecule has 1 aliphatic carbocycles. The van der Waals surface area contributed by atoms with Crippen molar-refractivity contribution in [2.24, 2.45) is 0 Å². The van der Waals surface area contributed by atoms with Gasteiger partial charge < -0.3 is 9.88 Å². The van der Waals surface area contributed by atoms with Crippen LogP contribution in [0.2, 0.25) is 0 Å². The van der Waals surface area contributed by atoms with Crippen LogP contribution in [0, 0.1) is 0 Å². The molecule has 0 radical (unpaired) electrons. The Morgan fingerprint density at radius 2 is 1.78 bits per heavy atom.